The minimum absolute atomic E-state index is 0.142. The van der Waals surface area contributed by atoms with E-state index in [-0.39, 0.29) is 5.56 Å². The lowest BCUT2D eigenvalue weighted by atomic mass is 10.3. The summed E-state index contributed by atoms with van der Waals surface area (Å²) in [7, 11) is 1.82. The first-order valence-corrected chi connectivity index (χ1v) is 4.22. The van der Waals surface area contributed by atoms with Gasteiger partial charge in [0, 0.05) is 25.0 Å². The number of hydrogen-bond donors (Lipinski definition) is 1. The molecule has 72 valence electrons. The molecule has 0 aliphatic rings. The normalized spacial score (nSPS) is 10.4. The van der Waals surface area contributed by atoms with E-state index in [4.69, 9.17) is 0 Å². The molecule has 0 atom stereocenters. The van der Waals surface area contributed by atoms with Gasteiger partial charge in [-0.1, -0.05) is 0 Å². The van der Waals surface area contributed by atoms with Crippen molar-refractivity contribution in [2.75, 3.05) is 0 Å². The second-order valence-electron chi connectivity index (χ2n) is 3.14. The van der Waals surface area contributed by atoms with Gasteiger partial charge in [0.1, 0.15) is 5.82 Å². The Morgan fingerprint density at radius 3 is 2.86 bits per heavy atom. The summed E-state index contributed by atoms with van der Waals surface area (Å²) in [4.78, 5) is 18.0. The molecule has 2 heterocycles. The van der Waals surface area contributed by atoms with Crippen LogP contribution in [0.25, 0.3) is 11.4 Å². The number of aryl methyl sites for hydroxylation is 2. The van der Waals surface area contributed by atoms with Crippen LogP contribution < -0.4 is 5.56 Å². The van der Waals surface area contributed by atoms with Gasteiger partial charge in [0.2, 0.25) is 0 Å². The van der Waals surface area contributed by atoms with Crippen LogP contribution in [0.2, 0.25) is 0 Å². The Morgan fingerprint density at radius 2 is 2.29 bits per heavy atom. The van der Waals surface area contributed by atoms with Gasteiger partial charge in [0.05, 0.1) is 11.8 Å². The molecular formula is C9H10N4O. The van der Waals surface area contributed by atoms with E-state index in [1.807, 2.05) is 7.05 Å². The van der Waals surface area contributed by atoms with E-state index in [9.17, 15) is 4.79 Å². The van der Waals surface area contributed by atoms with E-state index < -0.39 is 0 Å². The SMILES string of the molecule is Cc1cc(=O)[nH]c(-c2cnn(C)c2)n1. The summed E-state index contributed by atoms with van der Waals surface area (Å²) >= 11 is 0. The van der Waals surface area contributed by atoms with Crippen LogP contribution in [0.3, 0.4) is 0 Å². The summed E-state index contributed by atoms with van der Waals surface area (Å²) in [6.07, 6.45) is 3.47. The van der Waals surface area contributed by atoms with Crippen LogP contribution in [-0.4, -0.2) is 19.7 Å². The van der Waals surface area contributed by atoms with Crippen LogP contribution in [0.1, 0.15) is 5.69 Å². The molecule has 0 unspecified atom stereocenters. The molecule has 2 aromatic rings. The monoisotopic (exact) mass is 190 g/mol. The van der Waals surface area contributed by atoms with Crippen molar-refractivity contribution >= 4 is 0 Å². The van der Waals surface area contributed by atoms with Crippen molar-refractivity contribution in [1.82, 2.24) is 19.7 Å². The van der Waals surface area contributed by atoms with Gasteiger partial charge >= 0.3 is 0 Å². The summed E-state index contributed by atoms with van der Waals surface area (Å²) in [5.74, 6) is 0.558. The zero-order valence-corrected chi connectivity index (χ0v) is 7.98. The lowest BCUT2D eigenvalue weighted by Crippen LogP contribution is -2.08. The number of aromatic amines is 1. The molecule has 0 amide bonds. The highest BCUT2D eigenvalue weighted by Crippen LogP contribution is 2.10. The van der Waals surface area contributed by atoms with E-state index >= 15 is 0 Å². The lowest BCUT2D eigenvalue weighted by Gasteiger charge is -1.96. The zero-order chi connectivity index (χ0) is 10.1. The number of nitrogens with zero attached hydrogens (tertiary/aromatic N) is 3. The fourth-order valence-electron chi connectivity index (χ4n) is 1.26. The molecule has 0 aliphatic carbocycles. The number of nitrogens with one attached hydrogen (secondary N) is 1. The van der Waals surface area contributed by atoms with E-state index in [1.165, 1.54) is 6.07 Å². The largest absolute Gasteiger partial charge is 0.306 e. The first-order valence-electron chi connectivity index (χ1n) is 4.22. The maximum absolute atomic E-state index is 11.2. The van der Waals surface area contributed by atoms with Crippen LogP contribution in [-0.2, 0) is 7.05 Å². The average Bonchev–Trinajstić information content (AvgIpc) is 2.50. The van der Waals surface area contributed by atoms with Crippen molar-refractivity contribution in [1.29, 1.82) is 0 Å². The van der Waals surface area contributed by atoms with E-state index in [2.05, 4.69) is 15.1 Å². The average molecular weight is 190 g/mol. The molecule has 1 N–H and O–H groups in total. The third-order valence-electron chi connectivity index (χ3n) is 1.85. The van der Waals surface area contributed by atoms with Gasteiger partial charge in [-0.15, -0.1) is 0 Å². The Bertz CT molecular complexity index is 512. The van der Waals surface area contributed by atoms with E-state index in [0.717, 1.165) is 5.56 Å². The highest BCUT2D eigenvalue weighted by Gasteiger charge is 2.03. The molecule has 0 radical (unpaired) electrons. The minimum Gasteiger partial charge on any atom is -0.306 e. The van der Waals surface area contributed by atoms with Gasteiger partial charge in [0.15, 0.2) is 0 Å². The number of H-pyrrole nitrogens is 1. The number of hydrogen-bond acceptors (Lipinski definition) is 3. The summed E-state index contributed by atoms with van der Waals surface area (Å²) in [6, 6.07) is 1.46. The van der Waals surface area contributed by atoms with Crippen molar-refractivity contribution in [2.45, 2.75) is 6.92 Å². The van der Waals surface area contributed by atoms with Crippen molar-refractivity contribution in [3.8, 4) is 11.4 Å². The Kier molecular flexibility index (Phi) is 1.92. The first-order chi connectivity index (χ1) is 6.65. The smallest absolute Gasteiger partial charge is 0.251 e. The Morgan fingerprint density at radius 1 is 1.50 bits per heavy atom. The van der Waals surface area contributed by atoms with Crippen molar-refractivity contribution in [3.05, 3.63) is 34.5 Å². The molecule has 2 rings (SSSR count). The van der Waals surface area contributed by atoms with Gasteiger partial charge in [0.25, 0.3) is 5.56 Å². The van der Waals surface area contributed by atoms with Crippen LogP contribution >= 0.6 is 0 Å². The number of aromatic nitrogens is 4. The van der Waals surface area contributed by atoms with Gasteiger partial charge in [-0.05, 0) is 6.92 Å². The fraction of sp³-hybridized carbons (Fsp3) is 0.222. The molecule has 14 heavy (non-hydrogen) atoms. The molecule has 2 aromatic heterocycles. The van der Waals surface area contributed by atoms with Crippen molar-refractivity contribution < 1.29 is 0 Å². The quantitative estimate of drug-likeness (QED) is 0.711. The highest BCUT2D eigenvalue weighted by molar-refractivity contribution is 5.51. The molecule has 0 saturated carbocycles. The molecule has 0 fully saturated rings. The second-order valence-corrected chi connectivity index (χ2v) is 3.14. The molecular weight excluding hydrogens is 180 g/mol. The first kappa shape index (κ1) is 8.68. The van der Waals surface area contributed by atoms with E-state index in [0.29, 0.717) is 11.5 Å². The van der Waals surface area contributed by atoms with Gasteiger partial charge in [-0.25, -0.2) is 4.98 Å². The summed E-state index contributed by atoms with van der Waals surface area (Å²) < 4.78 is 1.66. The third-order valence-corrected chi connectivity index (χ3v) is 1.85. The maximum Gasteiger partial charge on any atom is 0.251 e. The molecule has 0 spiro atoms. The van der Waals surface area contributed by atoms with Crippen LogP contribution in [0.15, 0.2) is 23.3 Å². The molecule has 0 bridgehead atoms. The standard InChI is InChI=1S/C9H10N4O/c1-6-3-8(14)12-9(11-6)7-4-10-13(2)5-7/h3-5H,1-2H3,(H,11,12,14). The van der Waals surface area contributed by atoms with Crippen molar-refractivity contribution in [2.24, 2.45) is 7.05 Å². The summed E-state index contributed by atoms with van der Waals surface area (Å²) in [5.41, 5.74) is 1.37. The van der Waals surface area contributed by atoms with Gasteiger partial charge in [-0.3, -0.25) is 9.48 Å². The zero-order valence-electron chi connectivity index (χ0n) is 7.98. The van der Waals surface area contributed by atoms with Crippen LogP contribution in [0.5, 0.6) is 0 Å². The van der Waals surface area contributed by atoms with E-state index in [1.54, 1.807) is 24.0 Å². The summed E-state index contributed by atoms with van der Waals surface area (Å²) in [6.45, 7) is 1.79. The highest BCUT2D eigenvalue weighted by atomic mass is 16.1. The Hall–Kier alpha value is -1.91. The maximum atomic E-state index is 11.2. The predicted octanol–water partition coefficient (Wildman–Crippen LogP) is 0.479. The third kappa shape index (κ3) is 1.56. The molecule has 0 aliphatic heterocycles. The Balaban J connectivity index is 2.56. The van der Waals surface area contributed by atoms with Gasteiger partial charge < -0.3 is 4.98 Å². The second kappa shape index (κ2) is 3.10. The van der Waals surface area contributed by atoms with Crippen LogP contribution in [0.4, 0.5) is 0 Å². The fourth-order valence-corrected chi connectivity index (χ4v) is 1.26. The van der Waals surface area contributed by atoms with Crippen LogP contribution in [0, 0.1) is 6.92 Å². The van der Waals surface area contributed by atoms with Crippen molar-refractivity contribution in [3.63, 3.8) is 0 Å². The van der Waals surface area contributed by atoms with Gasteiger partial charge in [-0.2, -0.15) is 5.10 Å². The molecule has 0 aromatic carbocycles. The summed E-state index contributed by atoms with van der Waals surface area (Å²) in [5, 5.41) is 4.01. The Labute approximate surface area is 80.4 Å². The molecule has 5 heteroatoms. The predicted molar refractivity (Wildman–Crippen MR) is 51.8 cm³/mol. The molecule has 5 nitrogen and oxygen atoms in total. The lowest BCUT2D eigenvalue weighted by molar-refractivity contribution is 0.768. The minimum atomic E-state index is -0.142. The molecule has 0 saturated heterocycles. The topological polar surface area (TPSA) is 63.6 Å². The number of rotatable bonds is 1.